The van der Waals surface area contributed by atoms with Crippen molar-refractivity contribution in [2.45, 2.75) is 66.1 Å². The van der Waals surface area contributed by atoms with Gasteiger partial charge in [-0.2, -0.15) is 0 Å². The Bertz CT molecular complexity index is 259. The summed E-state index contributed by atoms with van der Waals surface area (Å²) in [5, 5.41) is 0. The standard InChI is InChI=1S/C14H26O3/c1-8-14(9-2,10-3)17-12(15)16-11(4)13(5,6)7/h8,11H,1,9-10H2,2-7H3. The van der Waals surface area contributed by atoms with Gasteiger partial charge in [-0.15, -0.1) is 0 Å². The van der Waals surface area contributed by atoms with Crippen molar-refractivity contribution in [3.8, 4) is 0 Å². The monoisotopic (exact) mass is 242 g/mol. The molecule has 0 heterocycles. The van der Waals surface area contributed by atoms with Gasteiger partial charge < -0.3 is 9.47 Å². The maximum absolute atomic E-state index is 11.7. The van der Waals surface area contributed by atoms with E-state index in [1.165, 1.54) is 0 Å². The average molecular weight is 242 g/mol. The van der Waals surface area contributed by atoms with Crippen molar-refractivity contribution < 1.29 is 14.3 Å². The molecular weight excluding hydrogens is 216 g/mol. The molecule has 3 heteroatoms. The van der Waals surface area contributed by atoms with Gasteiger partial charge in [-0.3, -0.25) is 0 Å². The van der Waals surface area contributed by atoms with E-state index in [9.17, 15) is 4.79 Å². The summed E-state index contributed by atoms with van der Waals surface area (Å²) in [7, 11) is 0. The number of ether oxygens (including phenoxy) is 2. The van der Waals surface area contributed by atoms with Crippen LogP contribution >= 0.6 is 0 Å². The second-order valence-electron chi connectivity index (χ2n) is 5.45. The Kier molecular flexibility index (Phi) is 5.73. The minimum atomic E-state index is -0.615. The lowest BCUT2D eigenvalue weighted by Gasteiger charge is -2.31. The highest BCUT2D eigenvalue weighted by atomic mass is 16.7. The van der Waals surface area contributed by atoms with Gasteiger partial charge in [0.05, 0.1) is 0 Å². The summed E-state index contributed by atoms with van der Waals surface area (Å²) in [4.78, 5) is 11.7. The van der Waals surface area contributed by atoms with Crippen LogP contribution in [0.3, 0.4) is 0 Å². The molecule has 100 valence electrons. The molecule has 0 aromatic heterocycles. The lowest BCUT2D eigenvalue weighted by Crippen LogP contribution is -2.35. The highest BCUT2D eigenvalue weighted by molar-refractivity contribution is 5.61. The largest absolute Gasteiger partial charge is 0.509 e. The first-order valence-electron chi connectivity index (χ1n) is 6.24. The Morgan fingerprint density at radius 3 is 2.06 bits per heavy atom. The van der Waals surface area contributed by atoms with Crippen LogP contribution in [-0.4, -0.2) is 17.9 Å². The molecule has 0 aliphatic heterocycles. The zero-order chi connectivity index (χ0) is 13.7. The summed E-state index contributed by atoms with van der Waals surface area (Å²) in [6.07, 6.45) is 2.27. The molecule has 0 aliphatic carbocycles. The third-order valence-corrected chi connectivity index (χ3v) is 3.35. The number of carbonyl (C=O) groups excluding carboxylic acids is 1. The molecule has 0 radical (unpaired) electrons. The van der Waals surface area contributed by atoms with E-state index in [2.05, 4.69) is 6.58 Å². The molecule has 0 bridgehead atoms. The minimum absolute atomic E-state index is 0.0890. The molecule has 0 rings (SSSR count). The van der Waals surface area contributed by atoms with Crippen LogP contribution in [0.5, 0.6) is 0 Å². The molecule has 1 unspecified atom stereocenters. The number of hydrogen-bond donors (Lipinski definition) is 0. The quantitative estimate of drug-likeness (QED) is 0.532. The van der Waals surface area contributed by atoms with E-state index in [1.807, 2.05) is 41.5 Å². The molecule has 3 nitrogen and oxygen atoms in total. The molecule has 1 atom stereocenters. The van der Waals surface area contributed by atoms with Crippen LogP contribution in [0.2, 0.25) is 0 Å². The fourth-order valence-electron chi connectivity index (χ4n) is 1.24. The molecule has 17 heavy (non-hydrogen) atoms. The maximum atomic E-state index is 11.7. The summed E-state index contributed by atoms with van der Waals surface area (Å²) < 4.78 is 10.6. The Balaban J connectivity index is 4.50. The van der Waals surface area contributed by atoms with Gasteiger partial charge in [-0.05, 0) is 31.3 Å². The lowest BCUT2D eigenvalue weighted by molar-refractivity contribution is -0.0500. The fraction of sp³-hybridized carbons (Fsp3) is 0.786. The normalized spacial score (nSPS) is 14.0. The van der Waals surface area contributed by atoms with E-state index in [0.717, 1.165) is 0 Å². The van der Waals surface area contributed by atoms with Crippen LogP contribution in [0.1, 0.15) is 54.4 Å². The summed E-state index contributed by atoms with van der Waals surface area (Å²) in [5.41, 5.74) is -0.691. The molecule has 0 saturated carbocycles. The Morgan fingerprint density at radius 1 is 1.29 bits per heavy atom. The van der Waals surface area contributed by atoms with Crippen molar-refractivity contribution in [2.75, 3.05) is 0 Å². The minimum Gasteiger partial charge on any atom is -0.431 e. The van der Waals surface area contributed by atoms with Gasteiger partial charge >= 0.3 is 6.16 Å². The van der Waals surface area contributed by atoms with Crippen LogP contribution < -0.4 is 0 Å². The highest BCUT2D eigenvalue weighted by Crippen LogP contribution is 2.25. The van der Waals surface area contributed by atoms with E-state index in [0.29, 0.717) is 12.8 Å². The Labute approximate surface area is 105 Å². The van der Waals surface area contributed by atoms with Gasteiger partial charge in [0.25, 0.3) is 0 Å². The van der Waals surface area contributed by atoms with Crippen molar-refractivity contribution in [2.24, 2.45) is 5.41 Å². The van der Waals surface area contributed by atoms with Crippen LogP contribution in [0.15, 0.2) is 12.7 Å². The van der Waals surface area contributed by atoms with E-state index in [-0.39, 0.29) is 11.5 Å². The van der Waals surface area contributed by atoms with Gasteiger partial charge in [-0.25, -0.2) is 4.79 Å². The van der Waals surface area contributed by atoms with Crippen LogP contribution in [-0.2, 0) is 9.47 Å². The van der Waals surface area contributed by atoms with Gasteiger partial charge in [-0.1, -0.05) is 41.2 Å². The molecular formula is C14H26O3. The number of hydrogen-bond acceptors (Lipinski definition) is 3. The third-order valence-electron chi connectivity index (χ3n) is 3.35. The molecule has 0 N–H and O–H groups in total. The van der Waals surface area contributed by atoms with Gasteiger partial charge in [0.15, 0.2) is 0 Å². The van der Waals surface area contributed by atoms with Gasteiger partial charge in [0.1, 0.15) is 11.7 Å². The van der Waals surface area contributed by atoms with E-state index in [1.54, 1.807) is 6.08 Å². The van der Waals surface area contributed by atoms with E-state index >= 15 is 0 Å². The van der Waals surface area contributed by atoms with Crippen LogP contribution in [0.25, 0.3) is 0 Å². The van der Waals surface area contributed by atoms with E-state index < -0.39 is 11.8 Å². The van der Waals surface area contributed by atoms with Crippen molar-refractivity contribution in [3.63, 3.8) is 0 Å². The van der Waals surface area contributed by atoms with Gasteiger partial charge in [0.2, 0.25) is 0 Å². The van der Waals surface area contributed by atoms with Crippen molar-refractivity contribution in [1.82, 2.24) is 0 Å². The van der Waals surface area contributed by atoms with Crippen molar-refractivity contribution >= 4 is 6.16 Å². The molecule has 0 aliphatic rings. The summed E-state index contributed by atoms with van der Waals surface area (Å²) in [6.45, 7) is 15.6. The van der Waals surface area contributed by atoms with Crippen LogP contribution in [0, 0.1) is 5.41 Å². The van der Waals surface area contributed by atoms with Gasteiger partial charge in [0, 0.05) is 0 Å². The second kappa shape index (κ2) is 6.08. The molecule has 0 amide bonds. The summed E-state index contributed by atoms with van der Waals surface area (Å²) in [5.74, 6) is 0. The molecule has 0 spiro atoms. The molecule has 0 saturated heterocycles. The zero-order valence-corrected chi connectivity index (χ0v) is 12.0. The topological polar surface area (TPSA) is 35.5 Å². The maximum Gasteiger partial charge on any atom is 0.509 e. The Hall–Kier alpha value is -0.990. The summed E-state index contributed by atoms with van der Waals surface area (Å²) >= 11 is 0. The molecule has 0 aromatic rings. The highest BCUT2D eigenvalue weighted by Gasteiger charge is 2.30. The number of rotatable bonds is 5. The predicted octanol–water partition coefficient (Wildman–Crippen LogP) is 4.32. The Morgan fingerprint density at radius 2 is 1.76 bits per heavy atom. The second-order valence-corrected chi connectivity index (χ2v) is 5.45. The first-order chi connectivity index (χ1) is 7.70. The SMILES string of the molecule is C=CC(CC)(CC)OC(=O)OC(C)C(C)(C)C. The smallest absolute Gasteiger partial charge is 0.431 e. The summed E-state index contributed by atoms with van der Waals surface area (Å²) in [6, 6.07) is 0. The fourth-order valence-corrected chi connectivity index (χ4v) is 1.24. The zero-order valence-electron chi connectivity index (χ0n) is 12.0. The van der Waals surface area contributed by atoms with Crippen LogP contribution in [0.4, 0.5) is 4.79 Å². The number of carbonyl (C=O) groups is 1. The van der Waals surface area contributed by atoms with E-state index in [4.69, 9.17) is 9.47 Å². The van der Waals surface area contributed by atoms with Crippen molar-refractivity contribution in [1.29, 1.82) is 0 Å². The molecule has 0 aromatic carbocycles. The third kappa shape index (κ3) is 4.80. The molecule has 0 fully saturated rings. The first kappa shape index (κ1) is 16.0. The predicted molar refractivity (Wildman–Crippen MR) is 70.0 cm³/mol. The first-order valence-corrected chi connectivity index (χ1v) is 6.24. The van der Waals surface area contributed by atoms with Crippen molar-refractivity contribution in [3.05, 3.63) is 12.7 Å². The average Bonchev–Trinajstić information content (AvgIpc) is 2.24. The lowest BCUT2D eigenvalue weighted by atomic mass is 9.90.